The highest BCUT2D eigenvalue weighted by molar-refractivity contribution is 5.82. The Balaban J connectivity index is 1.22. The number of carbonyl (C=O) groups is 1. The monoisotopic (exact) mass is 627 g/mol. The molecule has 0 saturated carbocycles. The molecule has 0 radical (unpaired) electrons. The second kappa shape index (κ2) is 14.7. The van der Waals surface area contributed by atoms with Gasteiger partial charge in [-0.3, -0.25) is 14.6 Å². The Morgan fingerprint density at radius 2 is 1.74 bits per heavy atom. The van der Waals surface area contributed by atoms with Gasteiger partial charge in [0.25, 0.3) is 0 Å². The zero-order chi connectivity index (χ0) is 32.0. The normalized spacial score (nSPS) is 17.8. The van der Waals surface area contributed by atoms with Crippen LogP contribution in [-0.2, 0) is 16.1 Å². The molecule has 6 rings (SSSR count). The van der Waals surface area contributed by atoms with Crippen LogP contribution in [0.3, 0.4) is 0 Å². The van der Waals surface area contributed by atoms with Crippen LogP contribution in [0.25, 0.3) is 33.7 Å². The Morgan fingerprint density at radius 3 is 2.52 bits per heavy atom. The third-order valence-corrected chi connectivity index (χ3v) is 9.44. The molecule has 0 amide bonds. The van der Waals surface area contributed by atoms with E-state index >= 15 is 0 Å². The maximum atomic E-state index is 11.5. The summed E-state index contributed by atoms with van der Waals surface area (Å²) in [5.74, 6) is 1.43. The van der Waals surface area contributed by atoms with Gasteiger partial charge in [-0.05, 0) is 80.1 Å². The van der Waals surface area contributed by atoms with Gasteiger partial charge in [0.05, 0.1) is 33.4 Å². The molecule has 3 aromatic carbocycles. The summed E-state index contributed by atoms with van der Waals surface area (Å²) in [7, 11) is 1.66. The van der Waals surface area contributed by atoms with Gasteiger partial charge in [0.15, 0.2) is 5.58 Å². The first-order valence-corrected chi connectivity index (χ1v) is 16.5. The van der Waals surface area contributed by atoms with E-state index in [1.807, 2.05) is 30.3 Å². The van der Waals surface area contributed by atoms with Gasteiger partial charge in [0.1, 0.15) is 17.0 Å². The molecular weight excluding hydrogens is 582 g/mol. The Hall–Kier alpha value is -3.92. The van der Waals surface area contributed by atoms with Crippen LogP contribution in [0.15, 0.2) is 52.9 Å². The van der Waals surface area contributed by atoms with Gasteiger partial charge in [-0.1, -0.05) is 30.7 Å². The number of nitrogens with zero attached hydrogens (tertiary/aromatic N) is 3. The van der Waals surface area contributed by atoms with E-state index in [-0.39, 0.29) is 12.5 Å². The second-order valence-electron chi connectivity index (χ2n) is 12.4. The van der Waals surface area contributed by atoms with Crippen LogP contribution in [0.5, 0.6) is 11.5 Å². The number of piperidine rings is 1. The first-order chi connectivity index (χ1) is 22.4. The zero-order valence-corrected chi connectivity index (χ0v) is 27.2. The van der Waals surface area contributed by atoms with Crippen molar-refractivity contribution in [3.8, 4) is 34.1 Å². The second-order valence-corrected chi connectivity index (χ2v) is 12.4. The highest BCUT2D eigenvalue weighted by atomic mass is 16.5. The predicted molar refractivity (Wildman–Crippen MR) is 179 cm³/mol. The Morgan fingerprint density at radius 1 is 0.978 bits per heavy atom. The first-order valence-electron chi connectivity index (χ1n) is 16.5. The Bertz CT molecular complexity index is 1660. The molecule has 4 aromatic rings. The first kappa shape index (κ1) is 32.0. The lowest BCUT2D eigenvalue weighted by atomic mass is 9.93. The van der Waals surface area contributed by atoms with Gasteiger partial charge in [-0.25, -0.2) is 4.98 Å². The number of methoxy groups -OCH3 is 1. The number of fused-ring (bicyclic) bond motifs is 1. The number of morpholine rings is 1. The summed E-state index contributed by atoms with van der Waals surface area (Å²) in [4.78, 5) is 21.1. The fourth-order valence-electron chi connectivity index (χ4n) is 6.86. The molecule has 9 heteroatoms. The average molecular weight is 628 g/mol. The Kier molecular flexibility index (Phi) is 10.2. The quantitative estimate of drug-likeness (QED) is 0.172. The van der Waals surface area contributed by atoms with Crippen LogP contribution in [0.4, 0.5) is 0 Å². The highest BCUT2D eigenvalue weighted by Crippen LogP contribution is 2.38. The predicted octanol–water partition coefficient (Wildman–Crippen LogP) is 6.72. The molecule has 2 saturated heterocycles. The lowest BCUT2D eigenvalue weighted by molar-refractivity contribution is -0.138. The average Bonchev–Trinajstić information content (AvgIpc) is 3.47. The smallest absolute Gasteiger partial charge is 0.304 e. The van der Waals surface area contributed by atoms with Gasteiger partial charge < -0.3 is 23.7 Å². The van der Waals surface area contributed by atoms with Crippen LogP contribution in [0.2, 0.25) is 0 Å². The number of benzene rings is 3. The SMILES string of the molecule is COc1cc2oc(-c3cccc(-c4cccc(OCCCN5CCOCC5)c4C)c3C)nc2cc1CN1CCCCC1CC(=O)O. The number of likely N-dealkylation sites (tertiary alicyclic amines) is 1. The van der Waals surface area contributed by atoms with Crippen molar-refractivity contribution in [1.29, 1.82) is 0 Å². The van der Waals surface area contributed by atoms with Crippen molar-refractivity contribution in [3.05, 3.63) is 65.2 Å². The van der Waals surface area contributed by atoms with E-state index in [1.54, 1.807) is 7.11 Å². The third-order valence-electron chi connectivity index (χ3n) is 9.44. The van der Waals surface area contributed by atoms with E-state index in [1.165, 1.54) is 0 Å². The summed E-state index contributed by atoms with van der Waals surface area (Å²) in [6.45, 7) is 11.0. The molecule has 1 unspecified atom stereocenters. The molecule has 1 aromatic heterocycles. The van der Waals surface area contributed by atoms with Gasteiger partial charge in [0.2, 0.25) is 5.89 Å². The van der Waals surface area contributed by atoms with E-state index in [0.717, 1.165) is 115 Å². The highest BCUT2D eigenvalue weighted by Gasteiger charge is 2.26. The molecule has 1 atom stereocenters. The molecule has 0 spiro atoms. The van der Waals surface area contributed by atoms with Crippen molar-refractivity contribution >= 4 is 17.1 Å². The van der Waals surface area contributed by atoms with Gasteiger partial charge in [-0.15, -0.1) is 0 Å². The minimum absolute atomic E-state index is 0.0207. The van der Waals surface area contributed by atoms with Crippen LogP contribution in [0.1, 0.15) is 48.8 Å². The molecule has 3 heterocycles. The van der Waals surface area contributed by atoms with E-state index in [4.69, 9.17) is 23.6 Å². The molecular formula is C37H45N3O6. The van der Waals surface area contributed by atoms with Crippen LogP contribution >= 0.6 is 0 Å². The lowest BCUT2D eigenvalue weighted by Crippen LogP contribution is -2.40. The summed E-state index contributed by atoms with van der Waals surface area (Å²) < 4.78 is 23.8. The minimum Gasteiger partial charge on any atom is -0.496 e. The Labute approximate surface area is 271 Å². The molecule has 46 heavy (non-hydrogen) atoms. The van der Waals surface area contributed by atoms with E-state index in [2.05, 4.69) is 41.8 Å². The molecule has 2 aliphatic heterocycles. The van der Waals surface area contributed by atoms with Crippen LogP contribution in [0, 0.1) is 13.8 Å². The van der Waals surface area contributed by atoms with Crippen molar-refractivity contribution in [1.82, 2.24) is 14.8 Å². The molecule has 0 bridgehead atoms. The number of hydrogen-bond acceptors (Lipinski definition) is 8. The number of rotatable bonds is 12. The maximum Gasteiger partial charge on any atom is 0.304 e. The summed E-state index contributed by atoms with van der Waals surface area (Å²) in [6.07, 6.45) is 4.14. The number of aliphatic carboxylic acids is 1. The molecule has 2 fully saturated rings. The number of hydrogen-bond donors (Lipinski definition) is 1. The maximum absolute atomic E-state index is 11.5. The van der Waals surface area contributed by atoms with Crippen molar-refractivity contribution in [2.75, 3.05) is 53.1 Å². The van der Waals surface area contributed by atoms with Crippen molar-refractivity contribution in [2.24, 2.45) is 0 Å². The van der Waals surface area contributed by atoms with Crippen molar-refractivity contribution in [3.63, 3.8) is 0 Å². The fourth-order valence-corrected chi connectivity index (χ4v) is 6.86. The largest absolute Gasteiger partial charge is 0.496 e. The van der Waals surface area contributed by atoms with E-state index in [9.17, 15) is 9.90 Å². The molecule has 9 nitrogen and oxygen atoms in total. The number of aromatic nitrogens is 1. The minimum atomic E-state index is -0.757. The van der Waals surface area contributed by atoms with Gasteiger partial charge in [0, 0.05) is 49.4 Å². The number of carboxylic acids is 1. The molecule has 0 aliphatic carbocycles. The number of carboxylic acid groups (broad SMARTS) is 1. The zero-order valence-electron chi connectivity index (χ0n) is 27.2. The summed E-state index contributed by atoms with van der Waals surface area (Å²) in [5, 5.41) is 9.45. The van der Waals surface area contributed by atoms with Crippen LogP contribution < -0.4 is 9.47 Å². The fraction of sp³-hybridized carbons (Fsp3) is 0.459. The number of ether oxygens (including phenoxy) is 3. The standard InChI is InChI=1S/C37H45N3O6/c1-25-29(30-11-7-13-33(26(30)2)45-18-8-14-39-16-19-44-20-17-39)10-6-12-31(25)37-38-32-21-27(34(43-3)23-35(32)46-37)24-40-15-5-4-9-28(40)22-36(41)42/h6-7,10-13,21,23,28H,4-5,8-9,14-20,22,24H2,1-3H3,(H,41,42). The van der Waals surface area contributed by atoms with E-state index in [0.29, 0.717) is 24.6 Å². The molecule has 1 N–H and O–H groups in total. The molecule has 2 aliphatic rings. The van der Waals surface area contributed by atoms with Crippen molar-refractivity contribution in [2.45, 2.75) is 58.5 Å². The van der Waals surface area contributed by atoms with Gasteiger partial charge in [-0.2, -0.15) is 0 Å². The molecule has 244 valence electrons. The van der Waals surface area contributed by atoms with Gasteiger partial charge >= 0.3 is 5.97 Å². The summed E-state index contributed by atoms with van der Waals surface area (Å²) in [5.41, 5.74) is 7.76. The third kappa shape index (κ3) is 7.22. The summed E-state index contributed by atoms with van der Waals surface area (Å²) in [6, 6.07) is 16.4. The van der Waals surface area contributed by atoms with E-state index < -0.39 is 5.97 Å². The summed E-state index contributed by atoms with van der Waals surface area (Å²) >= 11 is 0. The number of oxazole rings is 1. The lowest BCUT2D eigenvalue weighted by Gasteiger charge is -2.35. The van der Waals surface area contributed by atoms with Crippen molar-refractivity contribution < 1.29 is 28.5 Å². The topological polar surface area (TPSA) is 97.5 Å². The van der Waals surface area contributed by atoms with Crippen LogP contribution in [-0.4, -0.2) is 85.0 Å².